The molecule has 0 aromatic carbocycles. The van der Waals surface area contributed by atoms with E-state index in [1.807, 2.05) is 25.3 Å². The highest BCUT2D eigenvalue weighted by Crippen LogP contribution is 2.38. The van der Waals surface area contributed by atoms with Gasteiger partial charge in [-0.05, 0) is 51.3 Å². The number of nitrogens with zero attached hydrogens (tertiary/aromatic N) is 4. The zero-order chi connectivity index (χ0) is 26.0. The van der Waals surface area contributed by atoms with Gasteiger partial charge in [0.1, 0.15) is 29.0 Å². The summed E-state index contributed by atoms with van der Waals surface area (Å²) < 4.78 is 26.9. The number of pyridine rings is 1. The minimum Gasteiger partial charge on any atom is -0.444 e. The van der Waals surface area contributed by atoms with Gasteiger partial charge in [0.2, 0.25) is 0 Å². The number of halogens is 2. The molecule has 0 spiro atoms. The monoisotopic (exact) mass is 524 g/mol. The molecule has 194 valence electrons. The van der Waals surface area contributed by atoms with E-state index >= 15 is 0 Å². The van der Waals surface area contributed by atoms with Gasteiger partial charge < -0.3 is 14.4 Å². The number of piperidine rings is 1. The lowest BCUT2D eigenvalue weighted by Gasteiger charge is -2.37. The highest BCUT2D eigenvalue weighted by Gasteiger charge is 2.35. The fraction of sp³-hybridized carbons (Fsp3) is 0.640. The van der Waals surface area contributed by atoms with E-state index in [1.54, 1.807) is 11.0 Å². The van der Waals surface area contributed by atoms with Gasteiger partial charge in [-0.25, -0.2) is 19.2 Å². The van der Waals surface area contributed by atoms with Crippen LogP contribution in [0.25, 0.3) is 11.5 Å². The number of hydrogen-bond donors (Lipinski definition) is 0. The van der Waals surface area contributed by atoms with Gasteiger partial charge in [0.15, 0.2) is 5.82 Å². The van der Waals surface area contributed by atoms with E-state index in [2.05, 4.69) is 31.5 Å². The number of rotatable bonds is 7. The molecular weight excluding hydrogens is 487 g/mol. The Hall–Kier alpha value is -1.97. The van der Waals surface area contributed by atoms with Crippen LogP contribution in [0.3, 0.4) is 0 Å². The summed E-state index contributed by atoms with van der Waals surface area (Å²) in [4.78, 5) is 23.4. The van der Waals surface area contributed by atoms with E-state index in [0.717, 1.165) is 11.7 Å². The molecule has 2 unspecified atom stereocenters. The van der Waals surface area contributed by atoms with Crippen LogP contribution in [0.5, 0.6) is 0 Å². The Morgan fingerprint density at radius 1 is 1.29 bits per heavy atom. The molecule has 7 nitrogen and oxygen atoms in total. The van der Waals surface area contributed by atoms with Crippen LogP contribution in [-0.2, 0) is 16.2 Å². The van der Waals surface area contributed by atoms with Crippen LogP contribution < -0.4 is 0 Å². The van der Waals surface area contributed by atoms with Crippen molar-refractivity contribution < 1.29 is 18.7 Å². The van der Waals surface area contributed by atoms with Crippen LogP contribution in [0.1, 0.15) is 45.7 Å². The zero-order valence-electron chi connectivity index (χ0n) is 21.9. The molecule has 1 saturated heterocycles. The number of carbonyl (C=O) groups is 1. The molecule has 0 saturated carbocycles. The molecule has 3 heterocycles. The van der Waals surface area contributed by atoms with Crippen LogP contribution >= 0.6 is 11.6 Å². The van der Waals surface area contributed by atoms with E-state index in [0.29, 0.717) is 42.8 Å². The molecule has 1 fully saturated rings. The summed E-state index contributed by atoms with van der Waals surface area (Å²) in [5.74, 6) is 0.329. The van der Waals surface area contributed by atoms with Crippen LogP contribution in [0.4, 0.5) is 9.18 Å². The molecule has 0 bridgehead atoms. The lowest BCUT2D eigenvalue weighted by Crippen LogP contribution is -2.44. The summed E-state index contributed by atoms with van der Waals surface area (Å²) in [7, 11) is -1.23. The van der Waals surface area contributed by atoms with Crippen LogP contribution in [0.15, 0.2) is 18.3 Å². The van der Waals surface area contributed by atoms with Crippen molar-refractivity contribution in [1.29, 1.82) is 0 Å². The lowest BCUT2D eigenvalue weighted by molar-refractivity contribution is 0.0154. The third kappa shape index (κ3) is 7.51. The molecule has 2 aromatic rings. The first-order valence-electron chi connectivity index (χ1n) is 12.2. The van der Waals surface area contributed by atoms with Crippen LogP contribution in [0, 0.1) is 11.7 Å². The maximum atomic E-state index is 13.5. The predicted octanol–water partition coefficient (Wildman–Crippen LogP) is 6.41. The van der Waals surface area contributed by atoms with Crippen molar-refractivity contribution in [2.75, 3.05) is 19.7 Å². The molecule has 0 N–H and O–H groups in total. The first-order chi connectivity index (χ1) is 16.2. The van der Waals surface area contributed by atoms with E-state index in [-0.39, 0.29) is 24.7 Å². The van der Waals surface area contributed by atoms with Gasteiger partial charge in [-0.3, -0.25) is 4.57 Å². The standard InChI is InChI=1S/C25H38ClFN4O3Si/c1-17-15-30(24(32)34-25(2,3)4)11-10-19(17)21-22(26)31(16-33-12-13-35(5,6)7)23(29-21)20-9-8-18(27)14-28-20/h8-9,14,17,19H,10-13,15-16H2,1-7H3. The zero-order valence-corrected chi connectivity index (χ0v) is 23.7. The number of aromatic nitrogens is 3. The average Bonchev–Trinajstić information content (AvgIpc) is 3.06. The Morgan fingerprint density at radius 2 is 2.00 bits per heavy atom. The molecule has 1 amide bonds. The number of imidazole rings is 1. The molecule has 3 rings (SSSR count). The van der Waals surface area contributed by atoms with Crippen LogP contribution in [0.2, 0.25) is 30.8 Å². The maximum Gasteiger partial charge on any atom is 0.410 e. The second kappa shape index (κ2) is 11.0. The quantitative estimate of drug-likeness (QED) is 0.309. The molecule has 2 aromatic heterocycles. The van der Waals surface area contributed by atoms with Crippen molar-refractivity contribution in [3.63, 3.8) is 0 Å². The summed E-state index contributed by atoms with van der Waals surface area (Å²) >= 11 is 6.89. The summed E-state index contributed by atoms with van der Waals surface area (Å²) in [5, 5.41) is 0.502. The van der Waals surface area contributed by atoms with E-state index in [1.165, 1.54) is 12.3 Å². The molecule has 0 aliphatic carbocycles. The van der Waals surface area contributed by atoms with Gasteiger partial charge in [-0.2, -0.15) is 0 Å². The Kier molecular flexibility index (Phi) is 8.65. The normalized spacial score (nSPS) is 19.2. The number of ether oxygens (including phenoxy) is 2. The molecule has 1 aliphatic rings. The molecule has 1 aliphatic heterocycles. The summed E-state index contributed by atoms with van der Waals surface area (Å²) in [5.41, 5.74) is 0.760. The predicted molar refractivity (Wildman–Crippen MR) is 139 cm³/mol. The smallest absolute Gasteiger partial charge is 0.410 e. The Bertz CT molecular complexity index is 1020. The fourth-order valence-corrected chi connectivity index (χ4v) is 5.16. The van der Waals surface area contributed by atoms with Crippen molar-refractivity contribution in [2.45, 2.75) is 78.1 Å². The Balaban J connectivity index is 1.83. The van der Waals surface area contributed by atoms with Gasteiger partial charge in [0.25, 0.3) is 0 Å². The number of hydrogen-bond acceptors (Lipinski definition) is 5. The highest BCUT2D eigenvalue weighted by atomic mass is 35.5. The number of carbonyl (C=O) groups excluding carboxylic acids is 1. The minimum atomic E-state index is -1.23. The number of likely N-dealkylation sites (tertiary alicyclic amines) is 1. The third-order valence-electron chi connectivity index (χ3n) is 6.01. The average molecular weight is 525 g/mol. The second-order valence-corrected chi connectivity index (χ2v) is 17.5. The maximum absolute atomic E-state index is 13.5. The summed E-state index contributed by atoms with van der Waals surface area (Å²) in [6.07, 6.45) is 1.59. The third-order valence-corrected chi connectivity index (χ3v) is 8.11. The van der Waals surface area contributed by atoms with Gasteiger partial charge in [0, 0.05) is 33.7 Å². The SMILES string of the molecule is CC1CN(C(=O)OC(C)(C)C)CCC1c1nc(-c2ccc(F)cn2)n(COCC[Si](C)(C)C)c1Cl. The molecular formula is C25H38ClFN4O3Si. The summed E-state index contributed by atoms with van der Waals surface area (Å²) in [6, 6.07) is 4.00. The van der Waals surface area contributed by atoms with Gasteiger partial charge in [-0.15, -0.1) is 0 Å². The largest absolute Gasteiger partial charge is 0.444 e. The Labute approximate surface area is 214 Å². The van der Waals surface area contributed by atoms with E-state index < -0.39 is 19.5 Å². The summed E-state index contributed by atoms with van der Waals surface area (Å²) in [6.45, 7) is 16.6. The van der Waals surface area contributed by atoms with Gasteiger partial charge in [-0.1, -0.05) is 38.2 Å². The molecule has 2 atom stereocenters. The molecule has 10 heteroatoms. The van der Waals surface area contributed by atoms with E-state index in [9.17, 15) is 9.18 Å². The lowest BCUT2D eigenvalue weighted by atomic mass is 9.85. The topological polar surface area (TPSA) is 69.5 Å². The van der Waals surface area contributed by atoms with Crippen molar-refractivity contribution in [3.8, 4) is 11.5 Å². The van der Waals surface area contributed by atoms with E-state index in [4.69, 9.17) is 26.1 Å². The first kappa shape index (κ1) is 27.6. The number of amides is 1. The fourth-order valence-electron chi connectivity index (χ4n) is 4.09. The first-order valence-corrected chi connectivity index (χ1v) is 16.3. The van der Waals surface area contributed by atoms with Crippen molar-refractivity contribution >= 4 is 25.8 Å². The second-order valence-electron chi connectivity index (χ2n) is 11.5. The Morgan fingerprint density at radius 3 is 2.57 bits per heavy atom. The molecule has 0 radical (unpaired) electrons. The van der Waals surface area contributed by atoms with Gasteiger partial charge >= 0.3 is 6.09 Å². The van der Waals surface area contributed by atoms with Gasteiger partial charge in [0.05, 0.1) is 11.9 Å². The molecule has 35 heavy (non-hydrogen) atoms. The minimum absolute atomic E-state index is 0.0589. The van der Waals surface area contributed by atoms with Crippen molar-refractivity contribution in [2.24, 2.45) is 5.92 Å². The van der Waals surface area contributed by atoms with Crippen molar-refractivity contribution in [3.05, 3.63) is 35.0 Å². The van der Waals surface area contributed by atoms with Crippen molar-refractivity contribution in [1.82, 2.24) is 19.4 Å². The van der Waals surface area contributed by atoms with Crippen LogP contribution in [-0.4, -0.2) is 58.9 Å². The highest BCUT2D eigenvalue weighted by molar-refractivity contribution is 6.76.